The highest BCUT2D eigenvalue weighted by atomic mass is 32.2. The molecule has 1 atom stereocenters. The molecular formula is C15H23N5O6S. The Hall–Kier alpha value is -2.73. The Morgan fingerprint density at radius 2 is 2.00 bits per heavy atom. The number of primary amides is 1. The topological polar surface area (TPSA) is 174 Å². The molecule has 0 heterocycles. The summed E-state index contributed by atoms with van der Waals surface area (Å²) in [5, 5.41) is 15.6. The molecule has 11 nitrogen and oxygen atoms in total. The molecule has 0 bridgehead atoms. The molecule has 0 aliphatic rings. The van der Waals surface area contributed by atoms with E-state index in [1.807, 2.05) is 6.92 Å². The zero-order chi connectivity index (χ0) is 20.4. The molecular weight excluding hydrogens is 378 g/mol. The van der Waals surface area contributed by atoms with Crippen LogP contribution in [0.4, 0.5) is 10.5 Å². The molecule has 0 saturated carbocycles. The maximum absolute atomic E-state index is 12.2. The lowest BCUT2D eigenvalue weighted by Gasteiger charge is -2.17. The molecule has 0 fully saturated rings. The molecule has 0 radical (unpaired) electrons. The number of nitrogens with zero attached hydrogens (tertiary/aromatic N) is 1. The predicted octanol–water partition coefficient (Wildman–Crippen LogP) is 0.216. The number of nitro benzene ring substituents is 1. The molecule has 0 aromatic heterocycles. The first-order valence-electron chi connectivity index (χ1n) is 8.25. The van der Waals surface area contributed by atoms with Crippen LogP contribution < -0.4 is 21.1 Å². The number of sulfonamides is 1. The van der Waals surface area contributed by atoms with E-state index in [1.54, 1.807) is 0 Å². The van der Waals surface area contributed by atoms with Gasteiger partial charge in [-0.05, 0) is 12.5 Å². The van der Waals surface area contributed by atoms with Crippen molar-refractivity contribution in [3.05, 3.63) is 34.4 Å². The number of urea groups is 1. The average molecular weight is 401 g/mol. The third kappa shape index (κ3) is 7.58. The summed E-state index contributed by atoms with van der Waals surface area (Å²) in [5.74, 6) is -0.475. The van der Waals surface area contributed by atoms with Gasteiger partial charge in [0.15, 0.2) is 0 Å². The molecule has 0 saturated heterocycles. The lowest BCUT2D eigenvalue weighted by atomic mass is 10.1. The summed E-state index contributed by atoms with van der Waals surface area (Å²) in [6.07, 6.45) is 1.94. The van der Waals surface area contributed by atoms with E-state index in [4.69, 9.17) is 5.73 Å². The van der Waals surface area contributed by atoms with Crippen LogP contribution in [-0.2, 0) is 14.8 Å². The minimum absolute atomic E-state index is 0.0317. The Morgan fingerprint density at radius 1 is 1.30 bits per heavy atom. The lowest BCUT2D eigenvalue weighted by Crippen LogP contribution is -2.49. The summed E-state index contributed by atoms with van der Waals surface area (Å²) >= 11 is 0. The van der Waals surface area contributed by atoms with Crippen molar-refractivity contribution in [3.63, 3.8) is 0 Å². The van der Waals surface area contributed by atoms with Crippen molar-refractivity contribution < 1.29 is 22.9 Å². The van der Waals surface area contributed by atoms with Gasteiger partial charge in [-0.3, -0.25) is 14.9 Å². The van der Waals surface area contributed by atoms with Gasteiger partial charge < -0.3 is 16.4 Å². The molecule has 27 heavy (non-hydrogen) atoms. The summed E-state index contributed by atoms with van der Waals surface area (Å²) in [5.41, 5.74) is 4.70. The van der Waals surface area contributed by atoms with Crippen molar-refractivity contribution in [3.8, 4) is 0 Å². The summed E-state index contributed by atoms with van der Waals surface area (Å²) < 4.78 is 26.5. The molecule has 150 valence electrons. The molecule has 3 amide bonds. The van der Waals surface area contributed by atoms with Crippen LogP contribution in [0.25, 0.3) is 0 Å². The van der Waals surface area contributed by atoms with Crippen molar-refractivity contribution in [2.24, 2.45) is 5.73 Å². The maximum atomic E-state index is 12.2. The molecule has 5 N–H and O–H groups in total. The Labute approximate surface area is 156 Å². The molecule has 12 heteroatoms. The van der Waals surface area contributed by atoms with E-state index in [0.717, 1.165) is 12.5 Å². The van der Waals surface area contributed by atoms with Gasteiger partial charge in [0.1, 0.15) is 6.04 Å². The van der Waals surface area contributed by atoms with Crippen molar-refractivity contribution in [2.45, 2.75) is 37.1 Å². The van der Waals surface area contributed by atoms with E-state index in [2.05, 4.69) is 15.4 Å². The van der Waals surface area contributed by atoms with Crippen LogP contribution in [0.15, 0.2) is 29.2 Å². The number of benzene rings is 1. The van der Waals surface area contributed by atoms with Gasteiger partial charge in [-0.25, -0.2) is 17.9 Å². The van der Waals surface area contributed by atoms with Crippen molar-refractivity contribution in [1.29, 1.82) is 0 Å². The second-order valence-corrected chi connectivity index (χ2v) is 7.41. The number of hydrogen-bond donors (Lipinski definition) is 4. The van der Waals surface area contributed by atoms with Gasteiger partial charge in [0, 0.05) is 25.2 Å². The lowest BCUT2D eigenvalue weighted by molar-refractivity contribution is -0.385. The van der Waals surface area contributed by atoms with E-state index in [0.29, 0.717) is 12.8 Å². The number of nitrogens with one attached hydrogen (secondary N) is 3. The molecule has 1 aromatic carbocycles. The van der Waals surface area contributed by atoms with Gasteiger partial charge in [-0.2, -0.15) is 0 Å². The largest absolute Gasteiger partial charge is 0.353 e. The Kier molecular flexibility index (Phi) is 8.62. The Morgan fingerprint density at radius 3 is 2.59 bits per heavy atom. The van der Waals surface area contributed by atoms with Gasteiger partial charge in [-0.15, -0.1) is 0 Å². The second kappa shape index (κ2) is 10.4. The van der Waals surface area contributed by atoms with E-state index in [1.165, 1.54) is 18.2 Å². The first kappa shape index (κ1) is 22.3. The van der Waals surface area contributed by atoms with Crippen LogP contribution in [0.2, 0.25) is 0 Å². The quantitative estimate of drug-likeness (QED) is 0.234. The Balaban J connectivity index is 2.58. The average Bonchev–Trinajstić information content (AvgIpc) is 2.61. The molecule has 0 aliphatic heterocycles. The van der Waals surface area contributed by atoms with E-state index in [-0.39, 0.29) is 23.7 Å². The highest BCUT2D eigenvalue weighted by Gasteiger charge is 2.20. The molecule has 1 rings (SSSR count). The smallest absolute Gasteiger partial charge is 0.312 e. The van der Waals surface area contributed by atoms with Crippen molar-refractivity contribution in [2.75, 3.05) is 13.1 Å². The van der Waals surface area contributed by atoms with Crippen molar-refractivity contribution in [1.82, 2.24) is 15.4 Å². The summed E-state index contributed by atoms with van der Waals surface area (Å²) in [7, 11) is -3.96. The number of rotatable bonds is 11. The number of amides is 3. The molecule has 1 unspecified atom stereocenters. The summed E-state index contributed by atoms with van der Waals surface area (Å²) in [6, 6.07) is 3.00. The van der Waals surface area contributed by atoms with Crippen LogP contribution in [0.3, 0.4) is 0 Å². The zero-order valence-electron chi connectivity index (χ0n) is 14.8. The molecule has 0 aliphatic carbocycles. The van der Waals surface area contributed by atoms with Crippen LogP contribution >= 0.6 is 0 Å². The number of carbonyl (C=O) groups excluding carboxylic acids is 2. The fraction of sp³-hybridized carbons (Fsp3) is 0.467. The Bertz CT molecular complexity index is 783. The zero-order valence-corrected chi connectivity index (χ0v) is 15.6. The van der Waals surface area contributed by atoms with Crippen molar-refractivity contribution >= 4 is 27.6 Å². The highest BCUT2D eigenvalue weighted by molar-refractivity contribution is 7.89. The van der Waals surface area contributed by atoms with Gasteiger partial charge >= 0.3 is 6.03 Å². The monoisotopic (exact) mass is 401 g/mol. The summed E-state index contributed by atoms with van der Waals surface area (Å²) in [6.45, 7) is 1.77. The van der Waals surface area contributed by atoms with Gasteiger partial charge in [0.05, 0.1) is 9.82 Å². The van der Waals surface area contributed by atoms with Crippen LogP contribution in [-0.4, -0.2) is 44.4 Å². The number of non-ortho nitro benzene ring substituents is 1. The number of carbonyl (C=O) groups is 2. The second-order valence-electron chi connectivity index (χ2n) is 5.65. The van der Waals surface area contributed by atoms with E-state index >= 15 is 0 Å². The number of unbranched alkanes of at least 4 members (excludes halogenated alkanes) is 1. The standard InChI is InChI=1S/C15H23N5O6S/c1-2-3-7-13(19-15(16)22)14(21)17-8-9-18-27(25,26)12-6-4-5-11(10-12)20(23)24/h4-6,10,13,18H,2-3,7-9H2,1H3,(H,17,21)(H3,16,19,22). The minimum Gasteiger partial charge on any atom is -0.353 e. The molecule has 0 spiro atoms. The number of hydrogen-bond acceptors (Lipinski definition) is 6. The maximum Gasteiger partial charge on any atom is 0.312 e. The molecule has 1 aromatic rings. The van der Waals surface area contributed by atoms with Gasteiger partial charge in [0.2, 0.25) is 15.9 Å². The van der Waals surface area contributed by atoms with Crippen LogP contribution in [0, 0.1) is 10.1 Å². The minimum atomic E-state index is -3.96. The van der Waals surface area contributed by atoms with Crippen LogP contribution in [0.5, 0.6) is 0 Å². The first-order chi connectivity index (χ1) is 12.7. The first-order valence-corrected chi connectivity index (χ1v) is 9.73. The highest BCUT2D eigenvalue weighted by Crippen LogP contribution is 2.16. The normalized spacial score (nSPS) is 12.2. The third-order valence-corrected chi connectivity index (χ3v) is 4.99. The van der Waals surface area contributed by atoms with E-state index in [9.17, 15) is 28.1 Å². The third-order valence-electron chi connectivity index (χ3n) is 3.53. The summed E-state index contributed by atoms with van der Waals surface area (Å²) in [4.78, 5) is 32.8. The fourth-order valence-corrected chi connectivity index (χ4v) is 3.26. The predicted molar refractivity (Wildman–Crippen MR) is 97.3 cm³/mol. The number of nitrogens with two attached hydrogens (primary N) is 1. The van der Waals surface area contributed by atoms with Crippen LogP contribution in [0.1, 0.15) is 26.2 Å². The fourth-order valence-electron chi connectivity index (χ4n) is 2.19. The SMILES string of the molecule is CCCCC(NC(N)=O)C(=O)NCCNS(=O)(=O)c1cccc([N+](=O)[O-])c1. The van der Waals surface area contributed by atoms with Gasteiger partial charge in [0.25, 0.3) is 5.69 Å². The van der Waals surface area contributed by atoms with Gasteiger partial charge in [-0.1, -0.05) is 25.8 Å². The van der Waals surface area contributed by atoms with E-state index < -0.39 is 32.9 Å². The number of nitro groups is 1.